The Kier molecular flexibility index (Phi) is 4.63. The van der Waals surface area contributed by atoms with Gasteiger partial charge in [0, 0.05) is 11.1 Å². The van der Waals surface area contributed by atoms with Gasteiger partial charge in [0.15, 0.2) is 0 Å². The lowest BCUT2D eigenvalue weighted by atomic mass is 10.1. The van der Waals surface area contributed by atoms with Gasteiger partial charge in [0.25, 0.3) is 0 Å². The molecule has 0 bridgehead atoms. The first-order valence-corrected chi connectivity index (χ1v) is 7.40. The van der Waals surface area contributed by atoms with Crippen molar-refractivity contribution in [1.82, 2.24) is 4.98 Å². The Hall–Kier alpha value is -2.01. The summed E-state index contributed by atoms with van der Waals surface area (Å²) in [6, 6.07) is 9.31. The van der Waals surface area contributed by atoms with Gasteiger partial charge in [-0.1, -0.05) is 12.1 Å². The van der Waals surface area contributed by atoms with Gasteiger partial charge in [0.1, 0.15) is 0 Å². The van der Waals surface area contributed by atoms with E-state index in [9.17, 15) is 9.90 Å². The van der Waals surface area contributed by atoms with Crippen molar-refractivity contribution < 1.29 is 9.90 Å². The highest BCUT2D eigenvalue weighted by Crippen LogP contribution is 2.27. The summed E-state index contributed by atoms with van der Waals surface area (Å²) in [5, 5.41) is 12.5. The van der Waals surface area contributed by atoms with Crippen molar-refractivity contribution in [2.75, 3.05) is 11.6 Å². The quantitative estimate of drug-likeness (QED) is 0.825. The van der Waals surface area contributed by atoms with Crippen LogP contribution in [-0.2, 0) is 6.54 Å². The topological polar surface area (TPSA) is 62.2 Å². The molecule has 104 valence electrons. The van der Waals surface area contributed by atoms with Gasteiger partial charge in [-0.15, -0.1) is 11.8 Å². The number of aromatic carboxylic acids is 1. The molecule has 1 aromatic carbocycles. The van der Waals surface area contributed by atoms with Crippen LogP contribution in [0.5, 0.6) is 0 Å². The highest BCUT2D eigenvalue weighted by Gasteiger charge is 2.14. The average Bonchev–Trinajstić information content (AvgIpc) is 2.45. The van der Waals surface area contributed by atoms with E-state index in [0.717, 1.165) is 16.2 Å². The number of nitrogens with zero attached hydrogens (tertiary/aromatic N) is 1. The molecule has 0 amide bonds. The minimum Gasteiger partial charge on any atom is -0.478 e. The monoisotopic (exact) mass is 288 g/mol. The van der Waals surface area contributed by atoms with E-state index in [4.69, 9.17) is 0 Å². The minimum atomic E-state index is -0.921. The second-order valence-electron chi connectivity index (χ2n) is 4.31. The first kappa shape index (κ1) is 14.4. The molecule has 0 unspecified atom stereocenters. The van der Waals surface area contributed by atoms with Crippen molar-refractivity contribution in [3.8, 4) is 0 Å². The lowest BCUT2D eigenvalue weighted by Crippen LogP contribution is -2.09. The maximum atomic E-state index is 11.4. The predicted molar refractivity (Wildman–Crippen MR) is 81.5 cm³/mol. The molecule has 1 heterocycles. The number of rotatable bonds is 5. The summed E-state index contributed by atoms with van der Waals surface area (Å²) in [5.74, 6) is -0.921. The number of carbonyl (C=O) groups is 1. The molecule has 4 nitrogen and oxygen atoms in total. The first-order chi connectivity index (χ1) is 9.63. The normalized spacial score (nSPS) is 10.3. The number of benzene rings is 1. The van der Waals surface area contributed by atoms with Gasteiger partial charge in [-0.2, -0.15) is 0 Å². The fourth-order valence-corrected chi connectivity index (χ4v) is 2.57. The van der Waals surface area contributed by atoms with E-state index < -0.39 is 5.97 Å². The summed E-state index contributed by atoms with van der Waals surface area (Å²) >= 11 is 1.43. The van der Waals surface area contributed by atoms with Gasteiger partial charge in [0.2, 0.25) is 0 Å². The van der Waals surface area contributed by atoms with E-state index >= 15 is 0 Å². The zero-order chi connectivity index (χ0) is 14.5. The lowest BCUT2D eigenvalue weighted by molar-refractivity contribution is 0.0694. The summed E-state index contributed by atoms with van der Waals surface area (Å²) in [7, 11) is 0. The number of carboxylic acids is 1. The number of aryl methyl sites for hydroxylation is 1. The third-order valence-corrected chi connectivity index (χ3v) is 3.80. The van der Waals surface area contributed by atoms with Crippen molar-refractivity contribution in [3.05, 3.63) is 53.3 Å². The molecular weight excluding hydrogens is 272 g/mol. The van der Waals surface area contributed by atoms with E-state index in [1.54, 1.807) is 12.3 Å². The lowest BCUT2D eigenvalue weighted by Gasteiger charge is -2.12. The Bertz CT molecular complexity index is 629. The van der Waals surface area contributed by atoms with E-state index in [1.165, 1.54) is 11.8 Å². The second-order valence-corrected chi connectivity index (χ2v) is 5.16. The Morgan fingerprint density at radius 2 is 2.15 bits per heavy atom. The van der Waals surface area contributed by atoms with E-state index in [0.29, 0.717) is 17.8 Å². The van der Waals surface area contributed by atoms with Crippen molar-refractivity contribution in [2.45, 2.75) is 18.4 Å². The molecular formula is C15H16N2O2S. The number of thioether (sulfide) groups is 1. The number of hydrogen-bond acceptors (Lipinski definition) is 4. The Morgan fingerprint density at radius 1 is 1.35 bits per heavy atom. The highest BCUT2D eigenvalue weighted by atomic mass is 32.2. The number of carboxylic acid groups (broad SMARTS) is 1. The molecule has 0 radical (unpaired) electrons. The fraction of sp³-hybridized carbons (Fsp3) is 0.200. The van der Waals surface area contributed by atoms with Gasteiger partial charge in [0.05, 0.1) is 23.5 Å². The van der Waals surface area contributed by atoms with Crippen LogP contribution < -0.4 is 5.32 Å². The van der Waals surface area contributed by atoms with Gasteiger partial charge in [-0.05, 0) is 36.9 Å². The largest absolute Gasteiger partial charge is 0.478 e. The number of anilines is 1. The van der Waals surface area contributed by atoms with Gasteiger partial charge in [-0.3, -0.25) is 4.98 Å². The van der Waals surface area contributed by atoms with E-state index in [1.807, 2.05) is 37.4 Å². The van der Waals surface area contributed by atoms with Crippen molar-refractivity contribution in [1.29, 1.82) is 0 Å². The Morgan fingerprint density at radius 3 is 2.80 bits per heavy atom. The van der Waals surface area contributed by atoms with E-state index in [2.05, 4.69) is 10.3 Å². The minimum absolute atomic E-state index is 0.314. The van der Waals surface area contributed by atoms with Gasteiger partial charge < -0.3 is 10.4 Å². The van der Waals surface area contributed by atoms with Crippen LogP contribution in [0.15, 0.2) is 41.4 Å². The van der Waals surface area contributed by atoms with Crippen LogP contribution in [0.3, 0.4) is 0 Å². The third-order valence-electron chi connectivity index (χ3n) is 3.02. The van der Waals surface area contributed by atoms with Crippen molar-refractivity contribution in [3.63, 3.8) is 0 Å². The number of pyridine rings is 1. The molecule has 0 saturated heterocycles. The van der Waals surface area contributed by atoms with Crippen LogP contribution in [-0.4, -0.2) is 22.3 Å². The average molecular weight is 288 g/mol. The van der Waals surface area contributed by atoms with Crippen LogP contribution in [0.4, 0.5) is 5.69 Å². The number of hydrogen-bond donors (Lipinski definition) is 2. The summed E-state index contributed by atoms with van der Waals surface area (Å²) in [5.41, 5.74) is 2.93. The zero-order valence-electron chi connectivity index (χ0n) is 11.4. The Balaban J connectivity index is 2.26. The van der Waals surface area contributed by atoms with Gasteiger partial charge >= 0.3 is 5.97 Å². The third kappa shape index (κ3) is 3.11. The molecule has 0 spiro atoms. The van der Waals surface area contributed by atoms with Crippen molar-refractivity contribution in [2.24, 2.45) is 0 Å². The molecule has 0 atom stereocenters. The highest BCUT2D eigenvalue weighted by molar-refractivity contribution is 7.98. The molecule has 0 fully saturated rings. The molecule has 2 N–H and O–H groups in total. The molecule has 2 aromatic rings. The van der Waals surface area contributed by atoms with Gasteiger partial charge in [-0.25, -0.2) is 4.79 Å². The second kappa shape index (κ2) is 6.43. The molecule has 2 rings (SSSR count). The molecule has 0 saturated carbocycles. The van der Waals surface area contributed by atoms with Crippen LogP contribution in [0.1, 0.15) is 21.6 Å². The summed E-state index contributed by atoms with van der Waals surface area (Å²) in [4.78, 5) is 16.5. The molecule has 5 heteroatoms. The molecule has 1 aromatic heterocycles. The first-order valence-electron chi connectivity index (χ1n) is 6.18. The zero-order valence-corrected chi connectivity index (χ0v) is 12.2. The van der Waals surface area contributed by atoms with Crippen LogP contribution in [0, 0.1) is 6.92 Å². The summed E-state index contributed by atoms with van der Waals surface area (Å²) < 4.78 is 0. The molecule has 0 aliphatic rings. The maximum absolute atomic E-state index is 11.4. The predicted octanol–water partition coefficient (Wildman–Crippen LogP) is 3.42. The van der Waals surface area contributed by atoms with Crippen LogP contribution in [0.25, 0.3) is 0 Å². The molecule has 0 aliphatic carbocycles. The maximum Gasteiger partial charge on any atom is 0.338 e. The number of aromatic nitrogens is 1. The number of nitrogens with one attached hydrogen (secondary N) is 1. The van der Waals surface area contributed by atoms with Crippen LogP contribution in [0.2, 0.25) is 0 Å². The standard InChI is InChI=1S/C15H16N2O2S/c1-10-5-4-8-16-12(10)9-17-11-6-3-7-13(20-2)14(11)15(18)19/h3-8,17H,9H2,1-2H3,(H,18,19). The SMILES string of the molecule is CSc1cccc(NCc2ncccc2C)c1C(=O)O. The van der Waals surface area contributed by atoms with E-state index in [-0.39, 0.29) is 0 Å². The summed E-state index contributed by atoms with van der Waals surface area (Å²) in [6.07, 6.45) is 3.61. The van der Waals surface area contributed by atoms with Crippen LogP contribution >= 0.6 is 11.8 Å². The summed E-state index contributed by atoms with van der Waals surface area (Å²) in [6.45, 7) is 2.49. The molecule has 0 aliphatic heterocycles. The smallest absolute Gasteiger partial charge is 0.338 e. The molecule has 20 heavy (non-hydrogen) atoms. The Labute approximate surface area is 122 Å². The van der Waals surface area contributed by atoms with Crippen molar-refractivity contribution >= 4 is 23.4 Å². The fourth-order valence-electron chi connectivity index (χ4n) is 1.95.